The summed E-state index contributed by atoms with van der Waals surface area (Å²) in [6, 6.07) is 11.3. The minimum Gasteiger partial charge on any atom is -0.485 e. The summed E-state index contributed by atoms with van der Waals surface area (Å²) in [6.45, 7) is 1.87. The zero-order chi connectivity index (χ0) is 21.5. The first kappa shape index (κ1) is 18.6. The van der Waals surface area contributed by atoms with Gasteiger partial charge in [0.25, 0.3) is 5.56 Å². The Labute approximate surface area is 176 Å². The summed E-state index contributed by atoms with van der Waals surface area (Å²) in [5, 5.41) is 9.51. The highest BCUT2D eigenvalue weighted by Gasteiger charge is 2.26. The number of aryl methyl sites for hydroxylation is 1. The van der Waals surface area contributed by atoms with Crippen LogP contribution in [-0.4, -0.2) is 19.5 Å². The Bertz CT molecular complexity index is 1440. The SMILES string of the molecule is Cc1ncc(-n2c3c(cc(-c4cccc(F)c4C#N)c2=O)-c2ncccc2OC3)cn1. The third-order valence-corrected chi connectivity index (χ3v) is 5.13. The highest BCUT2D eigenvalue weighted by Crippen LogP contribution is 2.38. The van der Waals surface area contributed by atoms with Crippen LogP contribution in [0.2, 0.25) is 0 Å². The molecule has 8 heteroatoms. The minimum atomic E-state index is -0.691. The fraction of sp³-hybridized carbons (Fsp3) is 0.0870. The molecule has 0 fully saturated rings. The molecule has 0 radical (unpaired) electrons. The minimum absolute atomic E-state index is 0.131. The van der Waals surface area contributed by atoms with Gasteiger partial charge < -0.3 is 4.74 Å². The Morgan fingerprint density at radius 2 is 1.90 bits per heavy atom. The molecule has 3 aromatic heterocycles. The number of halogens is 1. The Balaban J connectivity index is 1.90. The normalized spacial score (nSPS) is 11.8. The van der Waals surface area contributed by atoms with Crippen LogP contribution in [-0.2, 0) is 6.61 Å². The van der Waals surface area contributed by atoms with Crippen molar-refractivity contribution in [2.45, 2.75) is 13.5 Å². The van der Waals surface area contributed by atoms with E-state index in [1.807, 2.05) is 6.07 Å². The van der Waals surface area contributed by atoms with Gasteiger partial charge in [-0.15, -0.1) is 0 Å². The number of nitriles is 1. The van der Waals surface area contributed by atoms with Gasteiger partial charge in [0.15, 0.2) is 0 Å². The fourth-order valence-electron chi connectivity index (χ4n) is 3.69. The van der Waals surface area contributed by atoms with E-state index >= 15 is 0 Å². The molecule has 0 saturated carbocycles. The van der Waals surface area contributed by atoms with Crippen molar-refractivity contribution in [1.29, 1.82) is 5.26 Å². The predicted molar refractivity (Wildman–Crippen MR) is 110 cm³/mol. The topological polar surface area (TPSA) is 93.7 Å². The monoisotopic (exact) mass is 411 g/mol. The van der Waals surface area contributed by atoms with Gasteiger partial charge in [-0.2, -0.15) is 5.26 Å². The number of benzene rings is 1. The van der Waals surface area contributed by atoms with Crippen molar-refractivity contribution in [2.75, 3.05) is 0 Å². The summed E-state index contributed by atoms with van der Waals surface area (Å²) >= 11 is 0. The van der Waals surface area contributed by atoms with Gasteiger partial charge in [-0.25, -0.2) is 14.4 Å². The van der Waals surface area contributed by atoms with Crippen LogP contribution in [0.4, 0.5) is 4.39 Å². The third-order valence-electron chi connectivity index (χ3n) is 5.13. The van der Waals surface area contributed by atoms with Crippen LogP contribution < -0.4 is 10.3 Å². The molecule has 0 spiro atoms. The van der Waals surface area contributed by atoms with Crippen molar-refractivity contribution >= 4 is 0 Å². The number of fused-ring (bicyclic) bond motifs is 3. The fourth-order valence-corrected chi connectivity index (χ4v) is 3.69. The first-order valence-electron chi connectivity index (χ1n) is 9.43. The molecule has 5 rings (SSSR count). The van der Waals surface area contributed by atoms with Crippen LogP contribution >= 0.6 is 0 Å². The molecule has 31 heavy (non-hydrogen) atoms. The smallest absolute Gasteiger partial charge is 0.263 e. The second-order valence-electron chi connectivity index (χ2n) is 6.96. The zero-order valence-electron chi connectivity index (χ0n) is 16.3. The molecule has 0 aliphatic carbocycles. The van der Waals surface area contributed by atoms with E-state index in [-0.39, 0.29) is 23.3 Å². The van der Waals surface area contributed by atoms with E-state index in [9.17, 15) is 14.4 Å². The Kier molecular flexibility index (Phi) is 4.30. The first-order chi connectivity index (χ1) is 15.1. The van der Waals surface area contributed by atoms with Crippen LogP contribution in [0.5, 0.6) is 5.75 Å². The number of ether oxygens (including phenoxy) is 1. The lowest BCUT2D eigenvalue weighted by molar-refractivity contribution is 0.292. The van der Waals surface area contributed by atoms with Crippen molar-refractivity contribution < 1.29 is 9.13 Å². The largest absolute Gasteiger partial charge is 0.485 e. The van der Waals surface area contributed by atoms with E-state index < -0.39 is 11.4 Å². The van der Waals surface area contributed by atoms with Crippen molar-refractivity contribution in [3.05, 3.63) is 88.2 Å². The standard InChI is InChI=1S/C23H14FN5O2/c1-13-27-10-14(11-28-13)29-20-12-31-21-6-3-7-26-22(21)17(20)8-16(23(29)30)15-4-2-5-19(24)18(15)9-25/h2-8,10-11H,12H2,1H3. The maximum absolute atomic E-state index is 14.3. The summed E-state index contributed by atoms with van der Waals surface area (Å²) in [5.74, 6) is 0.442. The molecule has 0 atom stereocenters. The van der Waals surface area contributed by atoms with Gasteiger partial charge >= 0.3 is 0 Å². The number of hydrogen-bond donors (Lipinski definition) is 0. The second kappa shape index (κ2) is 7.15. The van der Waals surface area contributed by atoms with Gasteiger partial charge in [0.2, 0.25) is 0 Å². The van der Waals surface area contributed by atoms with Gasteiger partial charge in [-0.1, -0.05) is 12.1 Å². The van der Waals surface area contributed by atoms with Crippen molar-refractivity contribution in [3.63, 3.8) is 0 Å². The molecule has 0 saturated heterocycles. The van der Waals surface area contributed by atoms with Crippen LogP contribution in [0.25, 0.3) is 28.1 Å². The van der Waals surface area contributed by atoms with Crippen LogP contribution in [0.15, 0.2) is 59.8 Å². The lowest BCUT2D eigenvalue weighted by Gasteiger charge is -2.24. The van der Waals surface area contributed by atoms with Crippen molar-refractivity contribution in [3.8, 4) is 39.9 Å². The lowest BCUT2D eigenvalue weighted by atomic mass is 9.96. The summed E-state index contributed by atoms with van der Waals surface area (Å²) < 4.78 is 21.6. The van der Waals surface area contributed by atoms with Crippen LogP contribution in [0.3, 0.4) is 0 Å². The summed E-state index contributed by atoms with van der Waals surface area (Å²) in [7, 11) is 0. The van der Waals surface area contributed by atoms with E-state index in [1.165, 1.54) is 16.7 Å². The van der Waals surface area contributed by atoms with Crippen molar-refractivity contribution in [1.82, 2.24) is 19.5 Å². The molecule has 0 bridgehead atoms. The maximum Gasteiger partial charge on any atom is 0.263 e. The molecule has 150 valence electrons. The molecule has 1 aromatic carbocycles. The summed E-state index contributed by atoms with van der Waals surface area (Å²) in [4.78, 5) is 26.4. The highest BCUT2D eigenvalue weighted by atomic mass is 19.1. The first-order valence-corrected chi connectivity index (χ1v) is 9.43. The summed E-state index contributed by atoms with van der Waals surface area (Å²) in [5.41, 5.74) is 1.98. The quantitative estimate of drug-likeness (QED) is 0.501. The van der Waals surface area contributed by atoms with Crippen LogP contribution in [0.1, 0.15) is 17.1 Å². The van der Waals surface area contributed by atoms with E-state index in [2.05, 4.69) is 15.0 Å². The number of pyridine rings is 2. The second-order valence-corrected chi connectivity index (χ2v) is 6.96. The number of hydrogen-bond acceptors (Lipinski definition) is 6. The molecule has 0 unspecified atom stereocenters. The molecule has 4 aromatic rings. The predicted octanol–water partition coefficient (Wildman–Crippen LogP) is 3.57. The van der Waals surface area contributed by atoms with Crippen molar-refractivity contribution in [2.24, 2.45) is 0 Å². The molecule has 0 amide bonds. The zero-order valence-corrected chi connectivity index (χ0v) is 16.3. The lowest BCUT2D eigenvalue weighted by Crippen LogP contribution is -2.27. The van der Waals surface area contributed by atoms with Gasteiger partial charge in [0.05, 0.1) is 29.3 Å². The molecule has 1 aliphatic rings. The Hall–Kier alpha value is -4.38. The Morgan fingerprint density at radius 1 is 1.10 bits per heavy atom. The van der Waals surface area contributed by atoms with Crippen LogP contribution in [0, 0.1) is 24.1 Å². The molecular weight excluding hydrogens is 397 g/mol. The molecule has 4 heterocycles. The average Bonchev–Trinajstić information content (AvgIpc) is 2.79. The third kappa shape index (κ3) is 2.95. The van der Waals surface area contributed by atoms with E-state index in [1.54, 1.807) is 49.8 Å². The number of aromatic nitrogens is 4. The number of nitrogens with zero attached hydrogens (tertiary/aromatic N) is 5. The molecular formula is C23H14FN5O2. The van der Waals surface area contributed by atoms with E-state index in [4.69, 9.17) is 4.74 Å². The van der Waals surface area contributed by atoms with E-state index in [0.717, 1.165) is 0 Å². The number of rotatable bonds is 2. The molecule has 7 nitrogen and oxygen atoms in total. The highest BCUT2D eigenvalue weighted by molar-refractivity contribution is 5.79. The Morgan fingerprint density at radius 3 is 2.68 bits per heavy atom. The van der Waals surface area contributed by atoms with Gasteiger partial charge in [-0.3, -0.25) is 14.3 Å². The van der Waals surface area contributed by atoms with Gasteiger partial charge in [0, 0.05) is 22.9 Å². The maximum atomic E-state index is 14.3. The van der Waals surface area contributed by atoms with Gasteiger partial charge in [0.1, 0.15) is 35.8 Å². The van der Waals surface area contributed by atoms with E-state index in [0.29, 0.717) is 34.2 Å². The average molecular weight is 411 g/mol. The summed E-state index contributed by atoms with van der Waals surface area (Å²) in [6.07, 6.45) is 4.71. The molecule has 1 aliphatic heterocycles. The molecule has 0 N–H and O–H groups in total. The van der Waals surface area contributed by atoms with Gasteiger partial charge in [-0.05, 0) is 31.2 Å².